The summed E-state index contributed by atoms with van der Waals surface area (Å²) in [5, 5.41) is 5.53. The van der Waals surface area contributed by atoms with Crippen molar-refractivity contribution in [2.75, 3.05) is 0 Å². The molecule has 8 heteroatoms. The number of hydrogen-bond acceptors (Lipinski definition) is 3. The normalized spacial score (nSPS) is 11.3. The van der Waals surface area contributed by atoms with E-state index < -0.39 is 0 Å². The molecule has 4 rings (SSSR count). The summed E-state index contributed by atoms with van der Waals surface area (Å²) in [6.07, 6.45) is 1.46. The molecule has 1 heterocycles. The molecular formula is C21H13Cl3N4O. The average molecular weight is 444 g/mol. The van der Waals surface area contributed by atoms with E-state index in [2.05, 4.69) is 20.5 Å². The second-order valence-electron chi connectivity index (χ2n) is 6.16. The highest BCUT2D eigenvalue weighted by atomic mass is 35.5. The van der Waals surface area contributed by atoms with Crippen LogP contribution in [0.3, 0.4) is 0 Å². The predicted molar refractivity (Wildman–Crippen MR) is 118 cm³/mol. The molecule has 5 nitrogen and oxygen atoms in total. The van der Waals surface area contributed by atoms with Gasteiger partial charge >= 0.3 is 0 Å². The summed E-state index contributed by atoms with van der Waals surface area (Å²) in [4.78, 5) is 20.1. The van der Waals surface area contributed by atoms with Crippen LogP contribution in [0.1, 0.15) is 15.9 Å². The van der Waals surface area contributed by atoms with Gasteiger partial charge in [0.15, 0.2) is 0 Å². The van der Waals surface area contributed by atoms with Crippen LogP contribution < -0.4 is 5.43 Å². The molecule has 0 saturated carbocycles. The fraction of sp³-hybridized carbons (Fsp3) is 0. The van der Waals surface area contributed by atoms with Gasteiger partial charge in [-0.25, -0.2) is 10.4 Å². The first kappa shape index (κ1) is 19.5. The van der Waals surface area contributed by atoms with Crippen LogP contribution in [0, 0.1) is 0 Å². The Kier molecular flexibility index (Phi) is 5.53. The zero-order valence-corrected chi connectivity index (χ0v) is 17.1. The molecule has 0 spiro atoms. The fourth-order valence-electron chi connectivity index (χ4n) is 2.76. The van der Waals surface area contributed by atoms with Crippen molar-refractivity contribution in [3.63, 3.8) is 0 Å². The minimum absolute atomic E-state index is 0.359. The van der Waals surface area contributed by atoms with E-state index in [1.165, 1.54) is 6.21 Å². The number of carbonyl (C=O) groups excluding carboxylic acids is 1. The number of hydrazone groups is 1. The Hall–Kier alpha value is -2.86. The number of hydrogen-bond donors (Lipinski definition) is 2. The van der Waals surface area contributed by atoms with Crippen LogP contribution in [-0.4, -0.2) is 22.1 Å². The van der Waals surface area contributed by atoms with Gasteiger partial charge in [0, 0.05) is 21.7 Å². The van der Waals surface area contributed by atoms with Crippen molar-refractivity contribution in [2.45, 2.75) is 0 Å². The number of aromatic nitrogens is 2. The number of fused-ring (bicyclic) bond motifs is 1. The second kappa shape index (κ2) is 8.25. The highest BCUT2D eigenvalue weighted by molar-refractivity contribution is 6.36. The number of rotatable bonds is 4. The molecule has 2 N–H and O–H groups in total. The molecule has 0 unspecified atom stereocenters. The van der Waals surface area contributed by atoms with Crippen LogP contribution in [0.25, 0.3) is 22.4 Å². The Balaban J connectivity index is 1.54. The van der Waals surface area contributed by atoms with Gasteiger partial charge in [0.2, 0.25) is 0 Å². The molecule has 0 aliphatic heterocycles. The standard InChI is InChI=1S/C21H13Cl3N4O/c22-14-7-5-13(17(24)10-14)11-25-28-21(29)12-6-8-18-19(9-12)27-20(26-18)15-3-1-2-4-16(15)23/h1-11H,(H,26,27)(H,28,29)/b25-11+. The van der Waals surface area contributed by atoms with Crippen molar-refractivity contribution in [1.82, 2.24) is 15.4 Å². The van der Waals surface area contributed by atoms with E-state index in [4.69, 9.17) is 34.8 Å². The summed E-state index contributed by atoms with van der Waals surface area (Å²) >= 11 is 18.2. The third kappa shape index (κ3) is 4.27. The number of carbonyl (C=O) groups is 1. The number of benzene rings is 3. The molecule has 0 radical (unpaired) electrons. The van der Waals surface area contributed by atoms with E-state index in [-0.39, 0.29) is 5.91 Å². The van der Waals surface area contributed by atoms with Gasteiger partial charge < -0.3 is 4.98 Å². The lowest BCUT2D eigenvalue weighted by atomic mass is 10.2. The molecule has 0 aliphatic carbocycles. The van der Waals surface area contributed by atoms with Crippen molar-refractivity contribution in [2.24, 2.45) is 5.10 Å². The van der Waals surface area contributed by atoms with E-state index in [1.807, 2.05) is 18.2 Å². The monoisotopic (exact) mass is 442 g/mol. The van der Waals surface area contributed by atoms with E-state index >= 15 is 0 Å². The molecule has 144 valence electrons. The fourth-order valence-corrected chi connectivity index (χ4v) is 3.45. The second-order valence-corrected chi connectivity index (χ2v) is 7.41. The quantitative estimate of drug-likeness (QED) is 0.302. The van der Waals surface area contributed by atoms with Gasteiger partial charge in [0.25, 0.3) is 5.91 Å². The first-order valence-electron chi connectivity index (χ1n) is 8.54. The maximum atomic E-state index is 12.4. The van der Waals surface area contributed by atoms with Gasteiger partial charge in [0.1, 0.15) is 5.82 Å². The first-order valence-corrected chi connectivity index (χ1v) is 9.68. The van der Waals surface area contributed by atoms with Gasteiger partial charge in [-0.2, -0.15) is 5.10 Å². The number of imidazole rings is 1. The van der Waals surface area contributed by atoms with Crippen LogP contribution in [0.2, 0.25) is 15.1 Å². The van der Waals surface area contributed by atoms with Crippen LogP contribution in [0.4, 0.5) is 0 Å². The third-order valence-electron chi connectivity index (χ3n) is 4.21. The maximum absolute atomic E-state index is 12.4. The molecule has 0 saturated heterocycles. The number of amides is 1. The topological polar surface area (TPSA) is 70.1 Å². The number of nitrogens with one attached hydrogen (secondary N) is 2. The molecule has 0 fully saturated rings. The zero-order valence-electron chi connectivity index (χ0n) is 14.8. The number of nitrogens with zero attached hydrogens (tertiary/aromatic N) is 2. The Bertz CT molecular complexity index is 1250. The van der Waals surface area contributed by atoms with Crippen molar-refractivity contribution in [3.8, 4) is 11.4 Å². The molecule has 0 aliphatic rings. The van der Waals surface area contributed by atoms with Crippen molar-refractivity contribution in [3.05, 3.63) is 86.9 Å². The summed E-state index contributed by atoms with van der Waals surface area (Å²) in [5.41, 5.74) is 5.81. The van der Waals surface area contributed by atoms with Crippen molar-refractivity contribution < 1.29 is 4.79 Å². The SMILES string of the molecule is O=C(N/N=C/c1ccc(Cl)cc1Cl)c1ccc2nc(-c3ccccc3Cl)[nH]c2c1. The number of halogens is 3. The largest absolute Gasteiger partial charge is 0.338 e. The highest BCUT2D eigenvalue weighted by Gasteiger charge is 2.11. The lowest BCUT2D eigenvalue weighted by Crippen LogP contribution is -2.17. The lowest BCUT2D eigenvalue weighted by Gasteiger charge is -2.01. The summed E-state index contributed by atoms with van der Waals surface area (Å²) in [7, 11) is 0. The maximum Gasteiger partial charge on any atom is 0.271 e. The summed E-state index contributed by atoms with van der Waals surface area (Å²) in [6.45, 7) is 0. The molecular weight excluding hydrogens is 431 g/mol. The van der Waals surface area contributed by atoms with Crippen molar-refractivity contribution in [1.29, 1.82) is 0 Å². The number of H-pyrrole nitrogens is 1. The Morgan fingerprint density at radius 2 is 1.83 bits per heavy atom. The minimum Gasteiger partial charge on any atom is -0.338 e. The number of aromatic amines is 1. The molecule has 4 aromatic rings. The summed E-state index contributed by atoms with van der Waals surface area (Å²) < 4.78 is 0. The minimum atomic E-state index is -0.359. The molecule has 0 atom stereocenters. The van der Waals surface area contributed by atoms with Gasteiger partial charge in [-0.1, -0.05) is 53.0 Å². The summed E-state index contributed by atoms with van der Waals surface area (Å²) in [5.74, 6) is 0.278. The van der Waals surface area contributed by atoms with Crippen LogP contribution in [0.5, 0.6) is 0 Å². The zero-order chi connectivity index (χ0) is 20.4. The molecule has 29 heavy (non-hydrogen) atoms. The third-order valence-corrected chi connectivity index (χ3v) is 5.10. The van der Waals surface area contributed by atoms with Gasteiger partial charge in [-0.15, -0.1) is 0 Å². The van der Waals surface area contributed by atoms with Crippen LogP contribution in [-0.2, 0) is 0 Å². The van der Waals surface area contributed by atoms with E-state index in [0.29, 0.717) is 32.0 Å². The molecule has 1 amide bonds. The van der Waals surface area contributed by atoms with E-state index in [9.17, 15) is 4.79 Å². The molecule has 1 aromatic heterocycles. The summed E-state index contributed by atoms with van der Waals surface area (Å²) in [6, 6.07) is 17.6. The highest BCUT2D eigenvalue weighted by Crippen LogP contribution is 2.27. The Labute approximate surface area is 181 Å². The first-order chi connectivity index (χ1) is 14.0. The van der Waals surface area contributed by atoms with Crippen molar-refractivity contribution >= 4 is 58.0 Å². The lowest BCUT2D eigenvalue weighted by molar-refractivity contribution is 0.0955. The predicted octanol–water partition coefficient (Wildman–Crippen LogP) is 5.95. The van der Waals surface area contributed by atoms with E-state index in [1.54, 1.807) is 42.5 Å². The van der Waals surface area contributed by atoms with Gasteiger partial charge in [-0.3, -0.25) is 4.79 Å². The van der Waals surface area contributed by atoms with E-state index in [0.717, 1.165) is 16.6 Å². The Morgan fingerprint density at radius 1 is 1.00 bits per heavy atom. The average Bonchev–Trinajstić information content (AvgIpc) is 3.13. The molecule has 3 aromatic carbocycles. The molecule has 0 bridgehead atoms. The van der Waals surface area contributed by atoms with Gasteiger partial charge in [0.05, 0.1) is 27.3 Å². The van der Waals surface area contributed by atoms with Gasteiger partial charge in [-0.05, 0) is 42.5 Å². The van der Waals surface area contributed by atoms with Crippen LogP contribution in [0.15, 0.2) is 65.8 Å². The smallest absolute Gasteiger partial charge is 0.271 e. The van der Waals surface area contributed by atoms with Crippen LogP contribution >= 0.6 is 34.8 Å². The Morgan fingerprint density at radius 3 is 2.62 bits per heavy atom.